The van der Waals surface area contributed by atoms with E-state index in [1.165, 1.54) is 5.69 Å². The highest BCUT2D eigenvalue weighted by atomic mass is 16.5. The number of piperazine rings is 1. The molecule has 138 valence electrons. The molecule has 3 rings (SSSR count). The van der Waals surface area contributed by atoms with Crippen LogP contribution in [0.5, 0.6) is 5.75 Å². The largest absolute Gasteiger partial charge is 0.492 e. The Morgan fingerprint density at radius 3 is 2.32 bits per heavy atom. The van der Waals surface area contributed by atoms with Crippen molar-refractivity contribution in [1.82, 2.24) is 9.80 Å². The fourth-order valence-corrected chi connectivity index (χ4v) is 3.50. The van der Waals surface area contributed by atoms with Gasteiger partial charge in [-0.25, -0.2) is 0 Å². The molecule has 0 unspecified atom stereocenters. The lowest BCUT2D eigenvalue weighted by molar-refractivity contribution is -0.129. The molecule has 1 aromatic carbocycles. The number of hydrogen-bond acceptors (Lipinski definition) is 5. The maximum absolute atomic E-state index is 11.4. The van der Waals surface area contributed by atoms with Crippen molar-refractivity contribution in [3.8, 4) is 5.75 Å². The van der Waals surface area contributed by atoms with Crippen LogP contribution in [-0.4, -0.2) is 74.2 Å². The lowest BCUT2D eigenvalue weighted by Crippen LogP contribution is -2.48. The van der Waals surface area contributed by atoms with Crippen LogP contribution in [0.15, 0.2) is 24.3 Å². The summed E-state index contributed by atoms with van der Waals surface area (Å²) in [5.41, 5.74) is 7.13. The van der Waals surface area contributed by atoms with Crippen molar-refractivity contribution in [2.24, 2.45) is 5.73 Å². The summed E-state index contributed by atoms with van der Waals surface area (Å²) in [6, 6.07) is 8.68. The third-order valence-corrected chi connectivity index (χ3v) is 5.24. The Kier molecular flexibility index (Phi) is 6.15. The first kappa shape index (κ1) is 18.0. The summed E-state index contributed by atoms with van der Waals surface area (Å²) in [5.74, 6) is 1.08. The Bertz CT molecular complexity index is 547. The normalized spacial score (nSPS) is 19.9. The Balaban J connectivity index is 1.41. The van der Waals surface area contributed by atoms with Gasteiger partial charge in [0, 0.05) is 51.4 Å². The van der Waals surface area contributed by atoms with Crippen LogP contribution in [0, 0.1) is 0 Å². The summed E-state index contributed by atoms with van der Waals surface area (Å²) in [4.78, 5) is 18.0. The second-order valence-corrected chi connectivity index (χ2v) is 7.01. The summed E-state index contributed by atoms with van der Waals surface area (Å²) in [7, 11) is 0. The van der Waals surface area contributed by atoms with Crippen LogP contribution < -0.4 is 15.4 Å². The molecule has 2 fully saturated rings. The molecule has 1 amide bonds. The van der Waals surface area contributed by atoms with Gasteiger partial charge in [-0.05, 0) is 50.2 Å². The summed E-state index contributed by atoms with van der Waals surface area (Å²) < 4.78 is 5.88. The number of likely N-dealkylation sites (tertiary alicyclic amines) is 1. The molecule has 0 atom stereocenters. The van der Waals surface area contributed by atoms with Crippen molar-refractivity contribution < 1.29 is 9.53 Å². The average molecular weight is 346 g/mol. The number of piperidine rings is 1. The minimum Gasteiger partial charge on any atom is -0.492 e. The van der Waals surface area contributed by atoms with Crippen LogP contribution in [0.3, 0.4) is 0 Å². The summed E-state index contributed by atoms with van der Waals surface area (Å²) in [5, 5.41) is 0. The van der Waals surface area contributed by atoms with E-state index in [1.807, 2.05) is 17.0 Å². The highest BCUT2D eigenvalue weighted by Crippen LogP contribution is 2.21. The van der Waals surface area contributed by atoms with E-state index in [0.29, 0.717) is 12.6 Å². The van der Waals surface area contributed by atoms with Gasteiger partial charge in [0.1, 0.15) is 12.4 Å². The molecule has 2 aliphatic rings. The molecule has 0 saturated carbocycles. The number of amides is 1. The van der Waals surface area contributed by atoms with Crippen molar-refractivity contribution in [2.75, 3.05) is 57.3 Å². The van der Waals surface area contributed by atoms with Crippen LogP contribution >= 0.6 is 0 Å². The fraction of sp³-hybridized carbons (Fsp3) is 0.632. The average Bonchev–Trinajstić information content (AvgIpc) is 2.64. The standard InChI is InChI=1S/C19H30N4O2/c1-16(24)22-10-12-23(13-11-22)18-2-4-19(5-3-18)25-15-14-21-8-6-17(20)7-9-21/h2-5,17H,6-15,20H2,1H3. The zero-order chi connectivity index (χ0) is 17.6. The molecule has 2 heterocycles. The third-order valence-electron chi connectivity index (χ3n) is 5.24. The van der Waals surface area contributed by atoms with E-state index in [9.17, 15) is 4.79 Å². The van der Waals surface area contributed by atoms with Crippen molar-refractivity contribution in [1.29, 1.82) is 0 Å². The molecular formula is C19H30N4O2. The van der Waals surface area contributed by atoms with Crippen LogP contribution in [-0.2, 0) is 4.79 Å². The van der Waals surface area contributed by atoms with Gasteiger partial charge in [0.25, 0.3) is 0 Å². The molecule has 6 nitrogen and oxygen atoms in total. The molecule has 1 aromatic rings. The van der Waals surface area contributed by atoms with Gasteiger partial charge in [-0.15, -0.1) is 0 Å². The number of benzene rings is 1. The van der Waals surface area contributed by atoms with E-state index in [2.05, 4.69) is 21.9 Å². The number of nitrogens with zero attached hydrogens (tertiary/aromatic N) is 3. The molecule has 2 N–H and O–H groups in total. The monoisotopic (exact) mass is 346 g/mol. The molecule has 2 saturated heterocycles. The Hall–Kier alpha value is -1.79. The van der Waals surface area contributed by atoms with Gasteiger partial charge in [0.2, 0.25) is 5.91 Å². The second kappa shape index (κ2) is 8.54. The minimum atomic E-state index is 0.166. The Morgan fingerprint density at radius 2 is 1.72 bits per heavy atom. The summed E-state index contributed by atoms with van der Waals surface area (Å²) in [6.07, 6.45) is 2.18. The number of carbonyl (C=O) groups excluding carboxylic acids is 1. The van der Waals surface area contributed by atoms with Crippen molar-refractivity contribution in [3.05, 3.63) is 24.3 Å². The smallest absolute Gasteiger partial charge is 0.219 e. The van der Waals surface area contributed by atoms with Crippen molar-refractivity contribution >= 4 is 11.6 Å². The van der Waals surface area contributed by atoms with E-state index in [4.69, 9.17) is 10.5 Å². The van der Waals surface area contributed by atoms with E-state index >= 15 is 0 Å². The number of hydrogen-bond donors (Lipinski definition) is 1. The number of anilines is 1. The predicted octanol–water partition coefficient (Wildman–Crippen LogP) is 1.16. The second-order valence-electron chi connectivity index (χ2n) is 7.01. The zero-order valence-corrected chi connectivity index (χ0v) is 15.2. The molecule has 6 heteroatoms. The van der Waals surface area contributed by atoms with Crippen LogP contribution in [0.1, 0.15) is 19.8 Å². The van der Waals surface area contributed by atoms with E-state index < -0.39 is 0 Å². The van der Waals surface area contributed by atoms with Gasteiger partial charge < -0.3 is 20.3 Å². The van der Waals surface area contributed by atoms with E-state index in [0.717, 1.165) is 64.4 Å². The maximum Gasteiger partial charge on any atom is 0.219 e. The number of rotatable bonds is 5. The van der Waals surface area contributed by atoms with Crippen LogP contribution in [0.2, 0.25) is 0 Å². The predicted molar refractivity (Wildman–Crippen MR) is 100 cm³/mol. The zero-order valence-electron chi connectivity index (χ0n) is 15.2. The number of ether oxygens (including phenoxy) is 1. The molecule has 0 aromatic heterocycles. The first-order chi connectivity index (χ1) is 12.1. The topological polar surface area (TPSA) is 62.0 Å². The highest BCUT2D eigenvalue weighted by molar-refractivity contribution is 5.73. The lowest BCUT2D eigenvalue weighted by Gasteiger charge is -2.35. The Morgan fingerprint density at radius 1 is 1.08 bits per heavy atom. The molecular weight excluding hydrogens is 316 g/mol. The van der Waals surface area contributed by atoms with Gasteiger partial charge in [-0.1, -0.05) is 0 Å². The van der Waals surface area contributed by atoms with E-state index in [1.54, 1.807) is 6.92 Å². The highest BCUT2D eigenvalue weighted by Gasteiger charge is 2.19. The van der Waals surface area contributed by atoms with Crippen molar-refractivity contribution in [3.63, 3.8) is 0 Å². The maximum atomic E-state index is 11.4. The van der Waals surface area contributed by atoms with Gasteiger partial charge in [-0.3, -0.25) is 9.69 Å². The summed E-state index contributed by atoms with van der Waals surface area (Å²) in [6.45, 7) is 8.84. The molecule has 0 aliphatic carbocycles. The summed E-state index contributed by atoms with van der Waals surface area (Å²) >= 11 is 0. The lowest BCUT2D eigenvalue weighted by atomic mass is 10.1. The van der Waals surface area contributed by atoms with Gasteiger partial charge in [0.05, 0.1) is 0 Å². The quantitative estimate of drug-likeness (QED) is 0.867. The number of nitrogens with two attached hydrogens (primary N) is 1. The first-order valence-electron chi connectivity index (χ1n) is 9.33. The van der Waals surface area contributed by atoms with Gasteiger partial charge in [0.15, 0.2) is 0 Å². The molecule has 0 spiro atoms. The Labute approximate surface area is 150 Å². The van der Waals surface area contributed by atoms with Gasteiger partial charge in [-0.2, -0.15) is 0 Å². The SMILES string of the molecule is CC(=O)N1CCN(c2ccc(OCCN3CCC(N)CC3)cc2)CC1. The minimum absolute atomic E-state index is 0.166. The molecule has 25 heavy (non-hydrogen) atoms. The first-order valence-corrected chi connectivity index (χ1v) is 9.33. The molecule has 2 aliphatic heterocycles. The molecule has 0 bridgehead atoms. The van der Waals surface area contributed by atoms with Crippen molar-refractivity contribution in [2.45, 2.75) is 25.8 Å². The third kappa shape index (κ3) is 5.09. The number of carbonyl (C=O) groups is 1. The molecule has 0 radical (unpaired) electrons. The van der Waals surface area contributed by atoms with Crippen LogP contribution in [0.4, 0.5) is 5.69 Å². The fourth-order valence-electron chi connectivity index (χ4n) is 3.50. The van der Waals surface area contributed by atoms with E-state index in [-0.39, 0.29) is 5.91 Å². The van der Waals surface area contributed by atoms with Crippen LogP contribution in [0.25, 0.3) is 0 Å². The van der Waals surface area contributed by atoms with Gasteiger partial charge >= 0.3 is 0 Å².